The smallest absolute Gasteiger partial charge is 0.267 e. The number of amides is 2. The molecule has 162 valence electrons. The van der Waals surface area contributed by atoms with E-state index in [4.69, 9.17) is 15.4 Å². The number of nitrogens with two attached hydrogens (primary N) is 1. The van der Waals surface area contributed by atoms with Crippen molar-refractivity contribution in [1.29, 1.82) is 0 Å². The molecule has 0 aliphatic rings. The van der Waals surface area contributed by atoms with Gasteiger partial charge in [-0.3, -0.25) is 14.8 Å². The number of carbonyl (C=O) groups excluding carboxylic acids is 2. The number of hydrogen-bond acceptors (Lipinski definition) is 7. The second kappa shape index (κ2) is 9.94. The Morgan fingerprint density at radius 1 is 1.16 bits per heavy atom. The van der Waals surface area contributed by atoms with Crippen LogP contribution in [0.2, 0.25) is 0 Å². The second-order valence-corrected chi connectivity index (χ2v) is 8.39. The molecule has 0 saturated heterocycles. The average molecular weight is 449 g/mol. The van der Waals surface area contributed by atoms with Crippen molar-refractivity contribution in [3.8, 4) is 34.3 Å². The van der Waals surface area contributed by atoms with Crippen LogP contribution >= 0.6 is 11.3 Å². The molecule has 0 fully saturated rings. The van der Waals surface area contributed by atoms with Gasteiger partial charge in [-0.2, -0.15) is 0 Å². The highest BCUT2D eigenvalue weighted by Gasteiger charge is 2.33. The van der Waals surface area contributed by atoms with Crippen molar-refractivity contribution >= 4 is 23.2 Å². The van der Waals surface area contributed by atoms with Gasteiger partial charge in [0.1, 0.15) is 6.04 Å². The first-order chi connectivity index (χ1) is 15.3. The molecule has 9 heteroatoms. The molecule has 2 amide bonds. The fourth-order valence-corrected chi connectivity index (χ4v) is 3.46. The van der Waals surface area contributed by atoms with E-state index >= 15 is 0 Å². The molecule has 0 aliphatic carbocycles. The number of hydrogen-bond donors (Lipinski definition) is 4. The number of aromatic nitrogens is 1. The molecular weight excluding hydrogens is 428 g/mol. The van der Waals surface area contributed by atoms with Gasteiger partial charge in [0, 0.05) is 16.7 Å². The Morgan fingerprint density at radius 3 is 2.50 bits per heavy atom. The van der Waals surface area contributed by atoms with Gasteiger partial charge in [0.25, 0.3) is 11.8 Å². The summed E-state index contributed by atoms with van der Waals surface area (Å²) >= 11 is 1.48. The molecule has 0 unspecified atom stereocenters. The molecule has 2 heterocycles. The molecule has 1 aromatic carbocycles. The van der Waals surface area contributed by atoms with Crippen LogP contribution in [-0.2, 0) is 4.79 Å². The van der Waals surface area contributed by atoms with Crippen molar-refractivity contribution in [2.24, 2.45) is 5.73 Å². The van der Waals surface area contributed by atoms with E-state index in [1.807, 2.05) is 12.1 Å². The van der Waals surface area contributed by atoms with Crippen molar-refractivity contribution in [2.45, 2.75) is 25.4 Å². The molecule has 0 bridgehead atoms. The summed E-state index contributed by atoms with van der Waals surface area (Å²) in [5.41, 5.74) is 7.35. The van der Waals surface area contributed by atoms with E-state index < -0.39 is 23.4 Å². The highest BCUT2D eigenvalue weighted by molar-refractivity contribution is 7.15. The lowest BCUT2D eigenvalue weighted by molar-refractivity contribution is -0.132. The largest absolute Gasteiger partial charge is 0.443 e. The third kappa shape index (κ3) is 5.84. The monoisotopic (exact) mass is 448 g/mol. The second-order valence-electron chi connectivity index (χ2n) is 7.31. The zero-order chi connectivity index (χ0) is 23.1. The molecule has 2 aromatic heterocycles. The van der Waals surface area contributed by atoms with Crippen LogP contribution in [0.1, 0.15) is 34.6 Å². The van der Waals surface area contributed by atoms with Gasteiger partial charge in [0.2, 0.25) is 0 Å². The van der Waals surface area contributed by atoms with Gasteiger partial charge in [-0.25, -0.2) is 10.5 Å². The lowest BCUT2D eigenvalue weighted by atomic mass is 9.95. The van der Waals surface area contributed by atoms with Gasteiger partial charge in [0.05, 0.1) is 16.0 Å². The molecule has 0 spiro atoms. The SMILES string of the molecule is CC(C)(N)[C@H](NC(=O)c1ccc(C#CC#Cc2ccc(-c3cnco3)s2)cc1)C(=O)NO. The number of nitrogens with one attached hydrogen (secondary N) is 2. The Morgan fingerprint density at radius 2 is 1.88 bits per heavy atom. The zero-order valence-electron chi connectivity index (χ0n) is 17.3. The summed E-state index contributed by atoms with van der Waals surface area (Å²) in [5, 5.41) is 11.4. The summed E-state index contributed by atoms with van der Waals surface area (Å²) in [6.07, 6.45) is 3.02. The number of nitrogens with zero attached hydrogens (tertiary/aromatic N) is 1. The molecular formula is C23H20N4O4S. The Labute approximate surface area is 188 Å². The molecule has 3 aromatic rings. The van der Waals surface area contributed by atoms with Gasteiger partial charge in [0.15, 0.2) is 12.2 Å². The maximum absolute atomic E-state index is 12.4. The fraction of sp³-hybridized carbons (Fsp3) is 0.174. The quantitative estimate of drug-likeness (QED) is 0.269. The van der Waals surface area contributed by atoms with Crippen molar-refractivity contribution in [2.75, 3.05) is 0 Å². The molecule has 32 heavy (non-hydrogen) atoms. The highest BCUT2D eigenvalue weighted by Crippen LogP contribution is 2.26. The minimum absolute atomic E-state index is 0.320. The van der Waals surface area contributed by atoms with Gasteiger partial charge in [-0.05, 0) is 68.0 Å². The van der Waals surface area contributed by atoms with E-state index in [1.54, 1.807) is 44.3 Å². The Balaban J connectivity index is 1.63. The van der Waals surface area contributed by atoms with E-state index in [9.17, 15) is 9.59 Å². The lowest BCUT2D eigenvalue weighted by Gasteiger charge is -2.29. The molecule has 8 nitrogen and oxygen atoms in total. The number of rotatable bonds is 5. The molecule has 3 rings (SSSR count). The van der Waals surface area contributed by atoms with Crippen molar-refractivity contribution in [1.82, 2.24) is 15.8 Å². The summed E-state index contributed by atoms with van der Waals surface area (Å²) in [4.78, 5) is 29.9. The summed E-state index contributed by atoms with van der Waals surface area (Å²) in [6.45, 7) is 3.14. The zero-order valence-corrected chi connectivity index (χ0v) is 18.1. The fourth-order valence-electron chi connectivity index (χ4n) is 2.64. The van der Waals surface area contributed by atoms with Crippen LogP contribution in [-0.4, -0.2) is 33.6 Å². The lowest BCUT2D eigenvalue weighted by Crippen LogP contribution is -2.61. The minimum atomic E-state index is -1.11. The van der Waals surface area contributed by atoms with Crippen LogP contribution in [0.4, 0.5) is 0 Å². The number of benzene rings is 1. The Hall–Kier alpha value is -3.89. The first kappa shape index (κ1) is 22.8. The standard InChI is InChI=1S/C23H20N4O4S/c1-23(2,24)20(22(29)27-30)26-21(28)16-9-7-15(8-10-16)5-3-4-6-17-11-12-19(32-17)18-13-25-14-31-18/h7-14,20,30H,24H2,1-2H3,(H,26,28)(H,27,29)/t20-/m1/s1. The molecule has 0 aliphatic heterocycles. The summed E-state index contributed by atoms with van der Waals surface area (Å²) < 4.78 is 5.26. The summed E-state index contributed by atoms with van der Waals surface area (Å²) in [5.74, 6) is 10.9. The first-order valence-electron chi connectivity index (χ1n) is 9.42. The minimum Gasteiger partial charge on any atom is -0.443 e. The summed E-state index contributed by atoms with van der Waals surface area (Å²) in [7, 11) is 0. The van der Waals surface area contributed by atoms with Gasteiger partial charge in [-0.1, -0.05) is 5.92 Å². The first-order valence-corrected chi connectivity index (χ1v) is 10.2. The third-order valence-corrected chi connectivity index (χ3v) is 5.29. The predicted octanol–water partition coefficient (Wildman–Crippen LogP) is 2.15. The van der Waals surface area contributed by atoms with E-state index in [0.29, 0.717) is 16.9 Å². The van der Waals surface area contributed by atoms with Crippen LogP contribution in [0.3, 0.4) is 0 Å². The third-order valence-electron chi connectivity index (χ3n) is 4.28. The number of thiophene rings is 1. The molecule has 0 radical (unpaired) electrons. The Bertz CT molecular complexity index is 1220. The van der Waals surface area contributed by atoms with Crippen molar-refractivity contribution < 1.29 is 19.2 Å². The van der Waals surface area contributed by atoms with E-state index in [0.717, 1.165) is 9.75 Å². The maximum Gasteiger partial charge on any atom is 0.267 e. The Kier molecular flexibility index (Phi) is 7.08. The van der Waals surface area contributed by atoms with Crippen LogP contribution in [0.5, 0.6) is 0 Å². The normalized spacial score (nSPS) is 11.4. The van der Waals surface area contributed by atoms with E-state index in [2.05, 4.69) is 34.0 Å². The predicted molar refractivity (Wildman–Crippen MR) is 119 cm³/mol. The van der Waals surface area contributed by atoms with Crippen LogP contribution < -0.4 is 16.5 Å². The summed E-state index contributed by atoms with van der Waals surface area (Å²) in [6, 6.07) is 9.18. The van der Waals surface area contributed by atoms with Crippen LogP contribution in [0.15, 0.2) is 53.4 Å². The average Bonchev–Trinajstić information content (AvgIpc) is 3.46. The van der Waals surface area contributed by atoms with E-state index in [1.165, 1.54) is 23.2 Å². The molecule has 0 saturated carbocycles. The maximum atomic E-state index is 12.4. The number of carbonyl (C=O) groups is 2. The van der Waals surface area contributed by atoms with Crippen LogP contribution in [0, 0.1) is 23.7 Å². The topological polar surface area (TPSA) is 130 Å². The highest BCUT2D eigenvalue weighted by atomic mass is 32.1. The van der Waals surface area contributed by atoms with E-state index in [-0.39, 0.29) is 0 Å². The molecule has 1 atom stereocenters. The number of hydroxylamine groups is 1. The van der Waals surface area contributed by atoms with Crippen molar-refractivity contribution in [3.63, 3.8) is 0 Å². The van der Waals surface area contributed by atoms with Crippen LogP contribution in [0.25, 0.3) is 10.6 Å². The molecule has 5 N–H and O–H groups in total. The van der Waals surface area contributed by atoms with Crippen molar-refractivity contribution in [3.05, 3.63) is 65.0 Å². The number of oxazole rings is 1. The van der Waals surface area contributed by atoms with Gasteiger partial charge < -0.3 is 15.5 Å². The van der Waals surface area contributed by atoms with Gasteiger partial charge in [-0.15, -0.1) is 11.3 Å². The van der Waals surface area contributed by atoms with Gasteiger partial charge >= 0.3 is 0 Å².